The van der Waals surface area contributed by atoms with Gasteiger partial charge in [-0.2, -0.15) is 13.2 Å². The number of carbonyl (C=O) groups is 1. The average molecular weight is 305 g/mol. The molecule has 0 unspecified atom stereocenters. The molecule has 0 atom stereocenters. The van der Waals surface area contributed by atoms with Gasteiger partial charge in [-0.25, -0.2) is 9.97 Å². The van der Waals surface area contributed by atoms with Crippen molar-refractivity contribution < 1.29 is 18.0 Å². The van der Waals surface area contributed by atoms with Gasteiger partial charge in [-0.3, -0.25) is 4.79 Å². The maximum Gasteiger partial charge on any atom is 0.451 e. The van der Waals surface area contributed by atoms with Crippen molar-refractivity contribution in [1.29, 1.82) is 0 Å². The Balaban J connectivity index is 3.19. The van der Waals surface area contributed by atoms with Gasteiger partial charge < -0.3 is 16.0 Å². The van der Waals surface area contributed by atoms with E-state index < -0.39 is 17.9 Å². The summed E-state index contributed by atoms with van der Waals surface area (Å²) >= 11 is 0. The van der Waals surface area contributed by atoms with Crippen LogP contribution in [0.4, 0.5) is 24.8 Å². The highest BCUT2D eigenvalue weighted by Gasteiger charge is 2.36. The van der Waals surface area contributed by atoms with Gasteiger partial charge in [0, 0.05) is 19.7 Å². The molecule has 1 heterocycles. The fraction of sp³-hybridized carbons (Fsp3) is 0.583. The van der Waals surface area contributed by atoms with Crippen LogP contribution >= 0.6 is 0 Å². The van der Waals surface area contributed by atoms with Gasteiger partial charge in [0.2, 0.25) is 11.7 Å². The molecule has 1 rings (SSSR count). The van der Waals surface area contributed by atoms with Crippen molar-refractivity contribution in [2.24, 2.45) is 5.73 Å². The molecule has 21 heavy (non-hydrogen) atoms. The van der Waals surface area contributed by atoms with E-state index in [1.807, 2.05) is 6.92 Å². The van der Waals surface area contributed by atoms with Crippen molar-refractivity contribution in [3.63, 3.8) is 0 Å². The number of amides is 1. The molecule has 0 saturated carbocycles. The molecular formula is C12H18F3N5O. The number of hydrogen-bond acceptors (Lipinski definition) is 5. The highest BCUT2D eigenvalue weighted by atomic mass is 19.4. The minimum absolute atomic E-state index is 0.0222. The summed E-state index contributed by atoms with van der Waals surface area (Å²) in [6, 6.07) is 1.36. The van der Waals surface area contributed by atoms with E-state index in [0.29, 0.717) is 13.0 Å². The van der Waals surface area contributed by atoms with Gasteiger partial charge in [0.15, 0.2) is 0 Å². The molecule has 118 valence electrons. The Hall–Kier alpha value is -2.06. The zero-order chi connectivity index (χ0) is 16.0. The van der Waals surface area contributed by atoms with Crippen LogP contribution in [-0.4, -0.2) is 36.0 Å². The van der Waals surface area contributed by atoms with Crippen molar-refractivity contribution in [3.8, 4) is 0 Å². The summed E-state index contributed by atoms with van der Waals surface area (Å²) < 4.78 is 38.4. The highest BCUT2D eigenvalue weighted by Crippen LogP contribution is 2.29. The van der Waals surface area contributed by atoms with Crippen LogP contribution in [0.3, 0.4) is 0 Å². The molecule has 0 saturated heterocycles. The van der Waals surface area contributed by atoms with Gasteiger partial charge in [0.1, 0.15) is 11.6 Å². The standard InChI is InChI=1S/C12H18F3N5O/c1-3-4-5-20(7-8(16)21)10-6-9(17-2)18-11(19-10)12(13,14)15/h6H,3-5,7H2,1-2H3,(H2,16,21)(H,17,18,19). The lowest BCUT2D eigenvalue weighted by Gasteiger charge is -2.23. The molecule has 0 aliphatic carbocycles. The monoisotopic (exact) mass is 305 g/mol. The second-order valence-electron chi connectivity index (χ2n) is 4.42. The number of halogens is 3. The third-order valence-electron chi connectivity index (χ3n) is 2.67. The maximum atomic E-state index is 12.8. The van der Waals surface area contributed by atoms with Crippen LogP contribution in [-0.2, 0) is 11.0 Å². The minimum Gasteiger partial charge on any atom is -0.373 e. The Morgan fingerprint density at radius 3 is 2.57 bits per heavy atom. The van der Waals surface area contributed by atoms with Crippen molar-refractivity contribution in [1.82, 2.24) is 9.97 Å². The van der Waals surface area contributed by atoms with Crippen LogP contribution in [0.5, 0.6) is 0 Å². The molecular weight excluding hydrogens is 287 g/mol. The Bertz CT molecular complexity index is 492. The summed E-state index contributed by atoms with van der Waals surface area (Å²) in [5.41, 5.74) is 5.13. The van der Waals surface area contributed by atoms with E-state index in [1.165, 1.54) is 18.0 Å². The largest absolute Gasteiger partial charge is 0.451 e. The van der Waals surface area contributed by atoms with Crippen LogP contribution in [0.2, 0.25) is 0 Å². The normalized spacial score (nSPS) is 11.3. The molecule has 9 heteroatoms. The van der Waals surface area contributed by atoms with Crippen LogP contribution < -0.4 is 16.0 Å². The maximum absolute atomic E-state index is 12.8. The van der Waals surface area contributed by atoms with Crippen molar-refractivity contribution in [3.05, 3.63) is 11.9 Å². The summed E-state index contributed by atoms with van der Waals surface area (Å²) in [5, 5.41) is 2.55. The van der Waals surface area contributed by atoms with E-state index in [1.54, 1.807) is 0 Å². The summed E-state index contributed by atoms with van der Waals surface area (Å²) in [4.78, 5) is 19.4. The third kappa shape index (κ3) is 5.09. The van der Waals surface area contributed by atoms with Crippen LogP contribution in [0, 0.1) is 0 Å². The number of hydrogen-bond donors (Lipinski definition) is 2. The first-order valence-electron chi connectivity index (χ1n) is 6.45. The summed E-state index contributed by atoms with van der Waals surface area (Å²) in [5.74, 6) is -1.84. The predicted molar refractivity (Wildman–Crippen MR) is 72.9 cm³/mol. The summed E-state index contributed by atoms with van der Waals surface area (Å²) in [6.07, 6.45) is -3.14. The van der Waals surface area contributed by atoms with Crippen LogP contribution in [0.1, 0.15) is 25.6 Å². The number of rotatable bonds is 7. The van der Waals surface area contributed by atoms with Gasteiger partial charge in [-0.05, 0) is 6.42 Å². The Labute approximate surface area is 120 Å². The van der Waals surface area contributed by atoms with E-state index in [4.69, 9.17) is 5.73 Å². The summed E-state index contributed by atoms with van der Waals surface area (Å²) in [6.45, 7) is 2.12. The van der Waals surface area contributed by atoms with Crippen LogP contribution in [0.15, 0.2) is 6.07 Å². The molecule has 0 bridgehead atoms. The molecule has 0 spiro atoms. The lowest BCUT2D eigenvalue weighted by Crippen LogP contribution is -2.35. The number of carbonyl (C=O) groups excluding carboxylic acids is 1. The van der Waals surface area contributed by atoms with Crippen molar-refractivity contribution >= 4 is 17.5 Å². The zero-order valence-electron chi connectivity index (χ0n) is 11.9. The Kier molecular flexibility index (Phi) is 5.74. The highest BCUT2D eigenvalue weighted by molar-refractivity contribution is 5.79. The van der Waals surface area contributed by atoms with E-state index in [-0.39, 0.29) is 18.2 Å². The van der Waals surface area contributed by atoms with Gasteiger partial charge in [0.05, 0.1) is 6.54 Å². The smallest absolute Gasteiger partial charge is 0.373 e. The van der Waals surface area contributed by atoms with E-state index in [0.717, 1.165) is 6.42 Å². The van der Waals surface area contributed by atoms with E-state index in [9.17, 15) is 18.0 Å². The first-order valence-corrected chi connectivity index (χ1v) is 6.45. The first kappa shape index (κ1) is 17.0. The first-order chi connectivity index (χ1) is 9.77. The van der Waals surface area contributed by atoms with E-state index >= 15 is 0 Å². The number of alkyl halides is 3. The molecule has 6 nitrogen and oxygen atoms in total. The molecule has 0 aromatic carbocycles. The number of anilines is 2. The summed E-state index contributed by atoms with van der Waals surface area (Å²) in [7, 11) is 1.46. The van der Waals surface area contributed by atoms with Crippen LogP contribution in [0.25, 0.3) is 0 Å². The zero-order valence-corrected chi connectivity index (χ0v) is 11.9. The molecule has 0 aliphatic heterocycles. The second kappa shape index (κ2) is 7.09. The van der Waals surface area contributed by atoms with Gasteiger partial charge in [-0.1, -0.05) is 13.3 Å². The van der Waals surface area contributed by atoms with E-state index in [2.05, 4.69) is 15.3 Å². The topological polar surface area (TPSA) is 84.1 Å². The number of primary amides is 1. The average Bonchev–Trinajstić information content (AvgIpc) is 2.41. The lowest BCUT2D eigenvalue weighted by molar-refractivity contribution is -0.144. The number of unbranched alkanes of at least 4 members (excludes halogenated alkanes) is 1. The molecule has 0 fully saturated rings. The van der Waals surface area contributed by atoms with Gasteiger partial charge in [0.25, 0.3) is 0 Å². The number of nitrogens with two attached hydrogens (primary N) is 1. The number of nitrogens with zero attached hydrogens (tertiary/aromatic N) is 3. The SMILES string of the molecule is CCCCN(CC(N)=O)c1cc(NC)nc(C(F)(F)F)n1. The van der Waals surface area contributed by atoms with Gasteiger partial charge in [-0.15, -0.1) is 0 Å². The Morgan fingerprint density at radius 1 is 1.43 bits per heavy atom. The van der Waals surface area contributed by atoms with Gasteiger partial charge >= 0.3 is 6.18 Å². The third-order valence-corrected chi connectivity index (χ3v) is 2.67. The molecule has 1 amide bonds. The molecule has 1 aromatic rings. The fourth-order valence-electron chi connectivity index (χ4n) is 1.66. The second-order valence-corrected chi connectivity index (χ2v) is 4.42. The molecule has 1 aromatic heterocycles. The predicted octanol–water partition coefficient (Wildman–Crippen LogP) is 1.63. The number of nitrogens with one attached hydrogen (secondary N) is 1. The lowest BCUT2D eigenvalue weighted by atomic mass is 10.3. The molecule has 0 aliphatic rings. The Morgan fingerprint density at radius 2 is 2.10 bits per heavy atom. The molecule has 0 radical (unpaired) electrons. The minimum atomic E-state index is -4.66. The molecule has 3 N–H and O–H groups in total. The van der Waals surface area contributed by atoms with Crippen molar-refractivity contribution in [2.75, 3.05) is 30.4 Å². The fourth-order valence-corrected chi connectivity index (χ4v) is 1.66. The number of aromatic nitrogens is 2. The van der Waals surface area contributed by atoms with Crippen molar-refractivity contribution in [2.45, 2.75) is 25.9 Å². The quantitative estimate of drug-likeness (QED) is 0.800.